The lowest BCUT2D eigenvalue weighted by molar-refractivity contribution is -0.133. The summed E-state index contributed by atoms with van der Waals surface area (Å²) in [4.78, 5) is 14.1. The van der Waals surface area contributed by atoms with Crippen LogP contribution in [0.25, 0.3) is 0 Å². The predicted molar refractivity (Wildman–Crippen MR) is 75.8 cm³/mol. The SMILES string of the molecule is CC(O)CCN(C)C(=O)C1CCC2CCCCC2N1. The van der Waals surface area contributed by atoms with E-state index in [0.717, 1.165) is 12.3 Å². The van der Waals surface area contributed by atoms with Gasteiger partial charge in [0.05, 0.1) is 12.1 Å². The fourth-order valence-corrected chi connectivity index (χ4v) is 3.45. The monoisotopic (exact) mass is 268 g/mol. The molecule has 1 heterocycles. The van der Waals surface area contributed by atoms with Crippen LogP contribution in [0.4, 0.5) is 0 Å². The number of aliphatic hydroxyl groups is 1. The number of aliphatic hydroxyl groups excluding tert-OH is 1. The Labute approximate surface area is 116 Å². The number of likely N-dealkylation sites (N-methyl/N-ethyl adjacent to an activating group) is 1. The van der Waals surface area contributed by atoms with Crippen molar-refractivity contribution in [1.82, 2.24) is 10.2 Å². The molecule has 0 spiro atoms. The average molecular weight is 268 g/mol. The van der Waals surface area contributed by atoms with Gasteiger partial charge in [0.1, 0.15) is 0 Å². The lowest BCUT2D eigenvalue weighted by Crippen LogP contribution is -2.55. The van der Waals surface area contributed by atoms with Crippen molar-refractivity contribution in [3.05, 3.63) is 0 Å². The zero-order chi connectivity index (χ0) is 13.8. The average Bonchev–Trinajstić information content (AvgIpc) is 2.43. The largest absolute Gasteiger partial charge is 0.393 e. The molecule has 0 bridgehead atoms. The normalized spacial score (nSPS) is 32.5. The summed E-state index contributed by atoms with van der Waals surface area (Å²) in [6.45, 7) is 2.41. The second-order valence-corrected chi connectivity index (χ2v) is 6.35. The molecule has 4 atom stereocenters. The third-order valence-corrected chi connectivity index (χ3v) is 4.71. The summed E-state index contributed by atoms with van der Waals surface area (Å²) in [6.07, 6.45) is 7.70. The zero-order valence-electron chi connectivity index (χ0n) is 12.3. The number of piperidine rings is 1. The summed E-state index contributed by atoms with van der Waals surface area (Å²) in [5.41, 5.74) is 0. The van der Waals surface area contributed by atoms with Gasteiger partial charge < -0.3 is 15.3 Å². The Balaban J connectivity index is 1.82. The summed E-state index contributed by atoms with van der Waals surface area (Å²) >= 11 is 0. The quantitative estimate of drug-likeness (QED) is 0.813. The molecule has 2 rings (SSSR count). The molecule has 2 N–H and O–H groups in total. The molecular weight excluding hydrogens is 240 g/mol. The highest BCUT2D eigenvalue weighted by Gasteiger charge is 2.35. The van der Waals surface area contributed by atoms with Crippen LogP contribution < -0.4 is 5.32 Å². The Bertz CT molecular complexity index is 307. The Morgan fingerprint density at radius 2 is 2.05 bits per heavy atom. The maximum absolute atomic E-state index is 12.4. The van der Waals surface area contributed by atoms with Crippen molar-refractivity contribution < 1.29 is 9.90 Å². The second kappa shape index (κ2) is 6.71. The van der Waals surface area contributed by atoms with Crippen molar-refractivity contribution >= 4 is 5.91 Å². The molecule has 110 valence electrons. The Hall–Kier alpha value is -0.610. The van der Waals surface area contributed by atoms with Gasteiger partial charge in [0.15, 0.2) is 0 Å². The minimum absolute atomic E-state index is 0.00153. The number of amides is 1. The van der Waals surface area contributed by atoms with Crippen LogP contribution in [-0.4, -0.2) is 47.7 Å². The summed E-state index contributed by atoms with van der Waals surface area (Å²) in [6, 6.07) is 0.556. The minimum atomic E-state index is -0.336. The molecule has 1 amide bonds. The first kappa shape index (κ1) is 14.8. The van der Waals surface area contributed by atoms with Crippen molar-refractivity contribution in [3.8, 4) is 0 Å². The van der Waals surface area contributed by atoms with E-state index in [-0.39, 0.29) is 18.1 Å². The van der Waals surface area contributed by atoms with Gasteiger partial charge in [0.25, 0.3) is 0 Å². The van der Waals surface area contributed by atoms with Gasteiger partial charge in [-0.25, -0.2) is 0 Å². The molecular formula is C15H28N2O2. The highest BCUT2D eigenvalue weighted by molar-refractivity contribution is 5.81. The molecule has 1 aliphatic carbocycles. The maximum atomic E-state index is 12.4. The Morgan fingerprint density at radius 1 is 1.32 bits per heavy atom. The van der Waals surface area contributed by atoms with E-state index in [1.165, 1.54) is 32.1 Å². The number of rotatable bonds is 4. The first-order chi connectivity index (χ1) is 9.08. The fourth-order valence-electron chi connectivity index (χ4n) is 3.45. The summed E-state index contributed by atoms with van der Waals surface area (Å²) in [5, 5.41) is 12.9. The van der Waals surface area contributed by atoms with E-state index in [4.69, 9.17) is 0 Å². The Morgan fingerprint density at radius 3 is 2.79 bits per heavy atom. The number of carbonyl (C=O) groups is 1. The van der Waals surface area contributed by atoms with Crippen LogP contribution >= 0.6 is 0 Å². The molecule has 2 fully saturated rings. The van der Waals surface area contributed by atoms with Gasteiger partial charge in [-0.1, -0.05) is 12.8 Å². The van der Waals surface area contributed by atoms with E-state index in [1.54, 1.807) is 11.8 Å². The molecule has 0 radical (unpaired) electrons. The van der Waals surface area contributed by atoms with Gasteiger partial charge in [-0.15, -0.1) is 0 Å². The first-order valence-electron chi connectivity index (χ1n) is 7.77. The third-order valence-electron chi connectivity index (χ3n) is 4.71. The highest BCUT2D eigenvalue weighted by atomic mass is 16.3. The van der Waals surface area contributed by atoms with Crippen molar-refractivity contribution in [2.45, 2.75) is 70.1 Å². The first-order valence-corrected chi connectivity index (χ1v) is 7.77. The zero-order valence-corrected chi connectivity index (χ0v) is 12.3. The van der Waals surface area contributed by atoms with Gasteiger partial charge >= 0.3 is 0 Å². The van der Waals surface area contributed by atoms with E-state index >= 15 is 0 Å². The fraction of sp³-hybridized carbons (Fsp3) is 0.933. The molecule has 0 aromatic rings. The van der Waals surface area contributed by atoms with E-state index in [9.17, 15) is 9.90 Å². The van der Waals surface area contributed by atoms with Crippen LogP contribution in [0, 0.1) is 5.92 Å². The van der Waals surface area contributed by atoms with E-state index in [1.807, 2.05) is 7.05 Å². The van der Waals surface area contributed by atoms with Crippen LogP contribution in [0.5, 0.6) is 0 Å². The van der Waals surface area contributed by atoms with E-state index in [2.05, 4.69) is 5.32 Å². The van der Waals surface area contributed by atoms with Crippen molar-refractivity contribution in [2.24, 2.45) is 5.92 Å². The Kier molecular flexibility index (Phi) is 5.22. The van der Waals surface area contributed by atoms with Gasteiger partial charge in [0.2, 0.25) is 5.91 Å². The standard InChI is InChI=1S/C15H28N2O2/c1-11(18)9-10-17(2)15(19)14-8-7-12-5-3-4-6-13(12)16-14/h11-14,16,18H,3-10H2,1-2H3. The topological polar surface area (TPSA) is 52.6 Å². The van der Waals surface area contributed by atoms with Crippen LogP contribution in [0.2, 0.25) is 0 Å². The molecule has 1 saturated carbocycles. The summed E-state index contributed by atoms with van der Waals surface area (Å²) in [7, 11) is 1.85. The number of nitrogens with one attached hydrogen (secondary N) is 1. The molecule has 4 unspecified atom stereocenters. The predicted octanol–water partition coefficient (Wildman–Crippen LogP) is 1.53. The molecule has 4 heteroatoms. The van der Waals surface area contributed by atoms with Gasteiger partial charge in [0, 0.05) is 19.6 Å². The molecule has 0 aromatic heterocycles. The number of carbonyl (C=O) groups excluding carboxylic acids is 1. The molecule has 0 aromatic carbocycles. The highest BCUT2D eigenvalue weighted by Crippen LogP contribution is 2.32. The lowest BCUT2D eigenvalue weighted by Gasteiger charge is -2.40. The summed E-state index contributed by atoms with van der Waals surface area (Å²) in [5.74, 6) is 0.991. The van der Waals surface area contributed by atoms with Crippen molar-refractivity contribution in [3.63, 3.8) is 0 Å². The molecule has 4 nitrogen and oxygen atoms in total. The lowest BCUT2D eigenvalue weighted by atomic mass is 9.77. The molecule has 1 saturated heterocycles. The maximum Gasteiger partial charge on any atom is 0.239 e. The van der Waals surface area contributed by atoms with Crippen LogP contribution in [-0.2, 0) is 4.79 Å². The minimum Gasteiger partial charge on any atom is -0.393 e. The number of hydrogen-bond donors (Lipinski definition) is 2. The van der Waals surface area contributed by atoms with Gasteiger partial charge in [-0.2, -0.15) is 0 Å². The molecule has 2 aliphatic rings. The van der Waals surface area contributed by atoms with Crippen LogP contribution in [0.15, 0.2) is 0 Å². The molecule has 19 heavy (non-hydrogen) atoms. The van der Waals surface area contributed by atoms with Crippen molar-refractivity contribution in [1.29, 1.82) is 0 Å². The second-order valence-electron chi connectivity index (χ2n) is 6.35. The third kappa shape index (κ3) is 3.93. The smallest absolute Gasteiger partial charge is 0.239 e. The van der Waals surface area contributed by atoms with Crippen LogP contribution in [0.1, 0.15) is 51.9 Å². The summed E-state index contributed by atoms with van der Waals surface area (Å²) < 4.78 is 0. The van der Waals surface area contributed by atoms with Crippen molar-refractivity contribution in [2.75, 3.05) is 13.6 Å². The number of nitrogens with zero attached hydrogens (tertiary/aromatic N) is 1. The van der Waals surface area contributed by atoms with Crippen LogP contribution in [0.3, 0.4) is 0 Å². The number of fused-ring (bicyclic) bond motifs is 1. The van der Waals surface area contributed by atoms with Gasteiger partial charge in [-0.3, -0.25) is 4.79 Å². The number of hydrogen-bond acceptors (Lipinski definition) is 3. The van der Waals surface area contributed by atoms with E-state index < -0.39 is 0 Å². The van der Waals surface area contributed by atoms with Gasteiger partial charge in [-0.05, 0) is 44.9 Å². The molecule has 1 aliphatic heterocycles. The van der Waals surface area contributed by atoms with E-state index in [0.29, 0.717) is 19.0 Å².